The minimum Gasteiger partial charge on any atom is -0.337 e. The first-order chi connectivity index (χ1) is 6.58. The molecule has 3 nitrogen and oxygen atoms in total. The van der Waals surface area contributed by atoms with Crippen LogP contribution in [0.4, 0.5) is 0 Å². The van der Waals surface area contributed by atoms with Gasteiger partial charge in [0.15, 0.2) is 0 Å². The summed E-state index contributed by atoms with van der Waals surface area (Å²) in [6.07, 6.45) is 0. The van der Waals surface area contributed by atoms with Crippen molar-refractivity contribution >= 4 is 5.91 Å². The zero-order valence-corrected chi connectivity index (χ0v) is 8.37. The molecule has 1 atom stereocenters. The van der Waals surface area contributed by atoms with E-state index in [4.69, 9.17) is 0 Å². The Labute approximate surface area is 83.5 Å². The standard InChI is InChI=1S/C11H14N2O/c1-11(2)12-9(10(14)13-11)8-6-4-3-5-7-8/h3-7,9,12H,1-2H3,(H,13,14)/t9-/m0/s1. The van der Waals surface area contributed by atoms with Crippen LogP contribution in [0.25, 0.3) is 0 Å². The van der Waals surface area contributed by atoms with Gasteiger partial charge in [0.2, 0.25) is 5.91 Å². The summed E-state index contributed by atoms with van der Waals surface area (Å²) in [6.45, 7) is 3.90. The van der Waals surface area contributed by atoms with E-state index in [0.29, 0.717) is 0 Å². The lowest BCUT2D eigenvalue weighted by Gasteiger charge is -2.18. The summed E-state index contributed by atoms with van der Waals surface area (Å²) < 4.78 is 0. The van der Waals surface area contributed by atoms with Gasteiger partial charge in [-0.15, -0.1) is 0 Å². The Kier molecular flexibility index (Phi) is 2.04. The molecule has 2 N–H and O–H groups in total. The van der Waals surface area contributed by atoms with E-state index in [9.17, 15) is 4.79 Å². The molecule has 0 unspecified atom stereocenters. The van der Waals surface area contributed by atoms with Gasteiger partial charge in [-0.25, -0.2) is 0 Å². The SMILES string of the molecule is CC1(C)NC(=O)[C@H](c2ccccc2)N1. The zero-order valence-electron chi connectivity index (χ0n) is 8.37. The summed E-state index contributed by atoms with van der Waals surface area (Å²) in [4.78, 5) is 11.6. The Morgan fingerprint density at radius 1 is 1.21 bits per heavy atom. The largest absolute Gasteiger partial charge is 0.337 e. The number of benzene rings is 1. The monoisotopic (exact) mass is 190 g/mol. The van der Waals surface area contributed by atoms with Crippen LogP contribution in [0.15, 0.2) is 30.3 Å². The van der Waals surface area contributed by atoms with Crippen LogP contribution in [0.5, 0.6) is 0 Å². The first kappa shape index (κ1) is 9.21. The van der Waals surface area contributed by atoms with Crippen molar-refractivity contribution in [3.05, 3.63) is 35.9 Å². The van der Waals surface area contributed by atoms with Crippen molar-refractivity contribution < 1.29 is 4.79 Å². The fourth-order valence-corrected chi connectivity index (χ4v) is 1.72. The molecule has 0 bridgehead atoms. The molecule has 0 aromatic heterocycles. The average molecular weight is 190 g/mol. The highest BCUT2D eigenvalue weighted by Gasteiger charge is 2.36. The van der Waals surface area contributed by atoms with Crippen molar-refractivity contribution in [3.8, 4) is 0 Å². The Balaban J connectivity index is 2.26. The van der Waals surface area contributed by atoms with Crippen LogP contribution in [-0.2, 0) is 4.79 Å². The predicted molar refractivity (Wildman–Crippen MR) is 54.5 cm³/mol. The van der Waals surface area contributed by atoms with Crippen molar-refractivity contribution in [3.63, 3.8) is 0 Å². The fourth-order valence-electron chi connectivity index (χ4n) is 1.72. The average Bonchev–Trinajstić information content (AvgIpc) is 2.41. The number of hydrogen-bond donors (Lipinski definition) is 2. The molecule has 2 rings (SSSR count). The summed E-state index contributed by atoms with van der Waals surface area (Å²) in [7, 11) is 0. The lowest BCUT2D eigenvalue weighted by molar-refractivity contribution is -0.121. The molecule has 1 aliphatic rings. The maximum atomic E-state index is 11.6. The molecule has 1 aromatic rings. The van der Waals surface area contributed by atoms with Gasteiger partial charge in [-0.2, -0.15) is 0 Å². The van der Waals surface area contributed by atoms with E-state index in [0.717, 1.165) is 5.56 Å². The summed E-state index contributed by atoms with van der Waals surface area (Å²) in [5.41, 5.74) is 0.702. The number of nitrogens with one attached hydrogen (secondary N) is 2. The molecular formula is C11H14N2O. The summed E-state index contributed by atoms with van der Waals surface area (Å²) in [5, 5.41) is 6.13. The van der Waals surface area contributed by atoms with E-state index in [-0.39, 0.29) is 17.6 Å². The van der Waals surface area contributed by atoms with Crippen molar-refractivity contribution in [2.75, 3.05) is 0 Å². The van der Waals surface area contributed by atoms with Crippen LogP contribution in [0.1, 0.15) is 25.5 Å². The molecule has 1 fully saturated rings. The van der Waals surface area contributed by atoms with E-state index in [1.165, 1.54) is 0 Å². The fraction of sp³-hybridized carbons (Fsp3) is 0.364. The van der Waals surface area contributed by atoms with Gasteiger partial charge in [0.05, 0.1) is 5.66 Å². The van der Waals surface area contributed by atoms with Crippen LogP contribution < -0.4 is 10.6 Å². The van der Waals surface area contributed by atoms with Gasteiger partial charge in [0.1, 0.15) is 6.04 Å². The Morgan fingerprint density at radius 3 is 2.36 bits per heavy atom. The first-order valence-corrected chi connectivity index (χ1v) is 4.73. The summed E-state index contributed by atoms with van der Waals surface area (Å²) in [6, 6.07) is 9.52. The van der Waals surface area contributed by atoms with E-state index in [2.05, 4.69) is 10.6 Å². The molecule has 1 aliphatic heterocycles. The third-order valence-corrected chi connectivity index (χ3v) is 2.34. The van der Waals surface area contributed by atoms with E-state index >= 15 is 0 Å². The third-order valence-electron chi connectivity index (χ3n) is 2.34. The molecule has 1 heterocycles. The summed E-state index contributed by atoms with van der Waals surface area (Å²) >= 11 is 0. The minimum atomic E-state index is -0.308. The quantitative estimate of drug-likeness (QED) is 0.698. The number of amides is 1. The van der Waals surface area contributed by atoms with Crippen LogP contribution in [-0.4, -0.2) is 11.6 Å². The molecule has 1 amide bonds. The maximum Gasteiger partial charge on any atom is 0.243 e. The van der Waals surface area contributed by atoms with Crippen LogP contribution in [0.3, 0.4) is 0 Å². The smallest absolute Gasteiger partial charge is 0.243 e. The molecule has 1 saturated heterocycles. The number of rotatable bonds is 1. The van der Waals surface area contributed by atoms with Gasteiger partial charge in [0, 0.05) is 0 Å². The predicted octanol–water partition coefficient (Wildman–Crippen LogP) is 1.18. The Morgan fingerprint density at radius 2 is 1.86 bits per heavy atom. The summed E-state index contributed by atoms with van der Waals surface area (Å²) in [5.74, 6) is 0.0428. The second kappa shape index (κ2) is 3.10. The van der Waals surface area contributed by atoms with Crippen LogP contribution >= 0.6 is 0 Å². The lowest BCUT2D eigenvalue weighted by Crippen LogP contribution is -2.43. The second-order valence-electron chi connectivity index (χ2n) is 4.10. The van der Waals surface area contributed by atoms with Crippen LogP contribution in [0, 0.1) is 0 Å². The first-order valence-electron chi connectivity index (χ1n) is 4.73. The van der Waals surface area contributed by atoms with Gasteiger partial charge in [-0.1, -0.05) is 30.3 Å². The van der Waals surface area contributed by atoms with Gasteiger partial charge in [-0.3, -0.25) is 10.1 Å². The highest BCUT2D eigenvalue weighted by atomic mass is 16.2. The molecule has 14 heavy (non-hydrogen) atoms. The molecule has 74 valence electrons. The number of hydrogen-bond acceptors (Lipinski definition) is 2. The lowest BCUT2D eigenvalue weighted by atomic mass is 10.1. The molecule has 0 radical (unpaired) electrons. The number of carbonyl (C=O) groups excluding carboxylic acids is 1. The van der Waals surface area contributed by atoms with E-state index in [1.807, 2.05) is 44.2 Å². The third kappa shape index (κ3) is 1.63. The van der Waals surface area contributed by atoms with Crippen molar-refractivity contribution in [2.24, 2.45) is 0 Å². The normalized spacial score (nSPS) is 24.7. The van der Waals surface area contributed by atoms with E-state index < -0.39 is 0 Å². The second-order valence-corrected chi connectivity index (χ2v) is 4.10. The highest BCUT2D eigenvalue weighted by Crippen LogP contribution is 2.21. The molecule has 1 aromatic carbocycles. The van der Waals surface area contributed by atoms with Crippen LogP contribution in [0.2, 0.25) is 0 Å². The topological polar surface area (TPSA) is 41.1 Å². The molecular weight excluding hydrogens is 176 g/mol. The Hall–Kier alpha value is -1.35. The van der Waals surface area contributed by atoms with E-state index in [1.54, 1.807) is 0 Å². The molecule has 0 spiro atoms. The molecule has 0 saturated carbocycles. The van der Waals surface area contributed by atoms with Gasteiger partial charge in [0.25, 0.3) is 0 Å². The number of carbonyl (C=O) groups is 1. The maximum absolute atomic E-state index is 11.6. The molecule has 0 aliphatic carbocycles. The van der Waals surface area contributed by atoms with Crippen molar-refractivity contribution in [1.29, 1.82) is 0 Å². The Bertz CT molecular complexity index is 346. The minimum absolute atomic E-state index is 0.0428. The molecule has 3 heteroatoms. The van der Waals surface area contributed by atoms with Gasteiger partial charge in [-0.05, 0) is 19.4 Å². The van der Waals surface area contributed by atoms with Crippen molar-refractivity contribution in [1.82, 2.24) is 10.6 Å². The zero-order chi connectivity index (χ0) is 10.2. The van der Waals surface area contributed by atoms with Gasteiger partial charge < -0.3 is 5.32 Å². The highest BCUT2D eigenvalue weighted by molar-refractivity contribution is 5.86. The van der Waals surface area contributed by atoms with Crippen molar-refractivity contribution in [2.45, 2.75) is 25.6 Å². The van der Waals surface area contributed by atoms with Gasteiger partial charge >= 0.3 is 0 Å².